The van der Waals surface area contributed by atoms with E-state index in [1.165, 1.54) is 0 Å². The fourth-order valence-corrected chi connectivity index (χ4v) is 1.92. The van der Waals surface area contributed by atoms with Gasteiger partial charge in [0.25, 0.3) is 5.56 Å². The lowest BCUT2D eigenvalue weighted by molar-refractivity contribution is 0.186. The highest BCUT2D eigenvalue weighted by atomic mass is 16.5. The summed E-state index contributed by atoms with van der Waals surface area (Å²) in [6.07, 6.45) is 3.66. The monoisotopic (exact) mass is 276 g/mol. The van der Waals surface area contributed by atoms with Crippen LogP contribution in [0.2, 0.25) is 0 Å². The molecule has 6 heteroatoms. The zero-order valence-corrected chi connectivity index (χ0v) is 12.1. The highest BCUT2D eigenvalue weighted by molar-refractivity contribution is 5.41. The number of hydrogen-bond acceptors (Lipinski definition) is 4. The van der Waals surface area contributed by atoms with E-state index in [-0.39, 0.29) is 5.56 Å². The van der Waals surface area contributed by atoms with E-state index in [2.05, 4.69) is 10.4 Å². The average molecular weight is 276 g/mol. The second kappa shape index (κ2) is 6.38. The van der Waals surface area contributed by atoms with Crippen LogP contribution >= 0.6 is 0 Å². The van der Waals surface area contributed by atoms with Crippen LogP contribution in [0.15, 0.2) is 29.3 Å². The van der Waals surface area contributed by atoms with Crippen LogP contribution in [0.25, 0.3) is 0 Å². The van der Waals surface area contributed by atoms with E-state index >= 15 is 0 Å². The van der Waals surface area contributed by atoms with Crippen molar-refractivity contribution in [1.29, 1.82) is 0 Å². The average Bonchev–Trinajstić information content (AvgIpc) is 2.76. The molecule has 2 heterocycles. The molecule has 2 aromatic heterocycles. The molecule has 0 atom stereocenters. The number of nitrogens with zero attached hydrogens (tertiary/aromatic N) is 3. The lowest BCUT2D eigenvalue weighted by Gasteiger charge is -2.10. The normalized spacial score (nSPS) is 10.8. The van der Waals surface area contributed by atoms with Gasteiger partial charge in [0.05, 0.1) is 18.5 Å². The first-order valence-corrected chi connectivity index (χ1v) is 6.52. The number of anilines is 1. The predicted octanol–water partition coefficient (Wildman–Crippen LogP) is 1.15. The maximum Gasteiger partial charge on any atom is 0.250 e. The molecule has 0 aromatic carbocycles. The van der Waals surface area contributed by atoms with Gasteiger partial charge in [-0.1, -0.05) is 0 Å². The molecule has 108 valence electrons. The highest BCUT2D eigenvalue weighted by Crippen LogP contribution is 2.10. The first-order valence-electron chi connectivity index (χ1n) is 6.52. The van der Waals surface area contributed by atoms with Crippen LogP contribution in [0.5, 0.6) is 0 Å². The van der Waals surface area contributed by atoms with Gasteiger partial charge in [-0.2, -0.15) is 5.10 Å². The summed E-state index contributed by atoms with van der Waals surface area (Å²) in [6.45, 7) is 3.79. The van der Waals surface area contributed by atoms with Crippen LogP contribution in [0.4, 0.5) is 5.69 Å². The molecule has 6 nitrogen and oxygen atoms in total. The summed E-state index contributed by atoms with van der Waals surface area (Å²) >= 11 is 0. The van der Waals surface area contributed by atoms with Gasteiger partial charge in [0.1, 0.15) is 0 Å². The Kier molecular flexibility index (Phi) is 4.57. The highest BCUT2D eigenvalue weighted by Gasteiger charge is 2.04. The number of nitrogens with one attached hydrogen (secondary N) is 1. The number of rotatable bonds is 6. The Morgan fingerprint density at radius 2 is 2.20 bits per heavy atom. The quantitative estimate of drug-likeness (QED) is 0.859. The Balaban J connectivity index is 2.06. The van der Waals surface area contributed by atoms with Crippen molar-refractivity contribution in [3.63, 3.8) is 0 Å². The van der Waals surface area contributed by atoms with E-state index in [1.54, 1.807) is 23.8 Å². The minimum Gasteiger partial charge on any atom is -0.383 e. The number of pyridine rings is 1. The SMILES string of the molecule is COCCn1cc(NCc2cnn(C)c2C)ccc1=O. The van der Waals surface area contributed by atoms with E-state index in [9.17, 15) is 4.79 Å². The standard InChI is InChI=1S/C14H20N4O2/c1-11-12(9-16-17(11)2)8-15-13-4-5-14(19)18(10-13)6-7-20-3/h4-5,9-10,15H,6-8H2,1-3H3. The summed E-state index contributed by atoms with van der Waals surface area (Å²) in [6, 6.07) is 3.35. The lowest BCUT2D eigenvalue weighted by atomic mass is 10.2. The van der Waals surface area contributed by atoms with Crippen LogP contribution in [-0.4, -0.2) is 28.1 Å². The molecule has 0 unspecified atom stereocenters. The predicted molar refractivity (Wildman–Crippen MR) is 77.8 cm³/mol. The van der Waals surface area contributed by atoms with Crippen molar-refractivity contribution in [3.05, 3.63) is 46.1 Å². The topological polar surface area (TPSA) is 61.1 Å². The lowest BCUT2D eigenvalue weighted by Crippen LogP contribution is -2.21. The van der Waals surface area contributed by atoms with Crippen molar-refractivity contribution in [2.75, 3.05) is 19.0 Å². The number of methoxy groups -OCH3 is 1. The summed E-state index contributed by atoms with van der Waals surface area (Å²) in [4.78, 5) is 11.7. The molecule has 0 amide bonds. The Morgan fingerprint density at radius 3 is 2.85 bits per heavy atom. The number of ether oxygens (including phenoxy) is 1. The maximum atomic E-state index is 11.7. The van der Waals surface area contributed by atoms with Crippen molar-refractivity contribution < 1.29 is 4.74 Å². The molecule has 0 fully saturated rings. The van der Waals surface area contributed by atoms with Crippen LogP contribution < -0.4 is 10.9 Å². The Morgan fingerprint density at radius 1 is 1.40 bits per heavy atom. The van der Waals surface area contributed by atoms with Gasteiger partial charge in [-0.15, -0.1) is 0 Å². The fourth-order valence-electron chi connectivity index (χ4n) is 1.92. The second-order valence-corrected chi connectivity index (χ2v) is 4.67. The largest absolute Gasteiger partial charge is 0.383 e. The summed E-state index contributed by atoms with van der Waals surface area (Å²) in [5, 5.41) is 7.51. The van der Waals surface area contributed by atoms with Gasteiger partial charge in [0.2, 0.25) is 0 Å². The van der Waals surface area contributed by atoms with Crippen molar-refractivity contribution in [3.8, 4) is 0 Å². The molecule has 20 heavy (non-hydrogen) atoms. The van der Waals surface area contributed by atoms with Gasteiger partial charge in [0, 0.05) is 50.8 Å². The zero-order valence-electron chi connectivity index (χ0n) is 12.1. The van der Waals surface area contributed by atoms with Gasteiger partial charge >= 0.3 is 0 Å². The summed E-state index contributed by atoms with van der Waals surface area (Å²) in [5.41, 5.74) is 3.15. The third-order valence-corrected chi connectivity index (χ3v) is 3.34. The summed E-state index contributed by atoms with van der Waals surface area (Å²) < 4.78 is 8.48. The van der Waals surface area contributed by atoms with E-state index in [1.807, 2.05) is 31.0 Å². The maximum absolute atomic E-state index is 11.7. The minimum absolute atomic E-state index is 0.0230. The van der Waals surface area contributed by atoms with Crippen LogP contribution in [-0.2, 0) is 24.9 Å². The molecule has 0 saturated heterocycles. The van der Waals surface area contributed by atoms with E-state index in [0.717, 1.165) is 16.9 Å². The summed E-state index contributed by atoms with van der Waals surface area (Å²) in [5.74, 6) is 0. The molecule has 0 aliphatic carbocycles. The van der Waals surface area contributed by atoms with Crippen LogP contribution in [0.1, 0.15) is 11.3 Å². The third kappa shape index (κ3) is 3.27. The van der Waals surface area contributed by atoms with Gasteiger partial charge in [-0.3, -0.25) is 9.48 Å². The molecular formula is C14H20N4O2. The Bertz CT molecular complexity index is 630. The van der Waals surface area contributed by atoms with Crippen molar-refractivity contribution >= 4 is 5.69 Å². The fraction of sp³-hybridized carbons (Fsp3) is 0.429. The van der Waals surface area contributed by atoms with Crippen molar-refractivity contribution in [2.24, 2.45) is 7.05 Å². The van der Waals surface area contributed by atoms with Crippen molar-refractivity contribution in [2.45, 2.75) is 20.0 Å². The van der Waals surface area contributed by atoms with E-state index in [0.29, 0.717) is 19.7 Å². The molecule has 2 rings (SSSR count). The Labute approximate surface area is 118 Å². The van der Waals surface area contributed by atoms with E-state index in [4.69, 9.17) is 4.74 Å². The molecule has 0 spiro atoms. The molecule has 0 bridgehead atoms. The third-order valence-electron chi connectivity index (χ3n) is 3.34. The van der Waals surface area contributed by atoms with Crippen LogP contribution in [0, 0.1) is 6.92 Å². The Hall–Kier alpha value is -2.08. The molecule has 0 aliphatic rings. The smallest absolute Gasteiger partial charge is 0.250 e. The molecule has 0 aliphatic heterocycles. The van der Waals surface area contributed by atoms with Crippen molar-refractivity contribution in [1.82, 2.24) is 14.3 Å². The number of aryl methyl sites for hydroxylation is 1. The van der Waals surface area contributed by atoms with Gasteiger partial charge < -0.3 is 14.6 Å². The second-order valence-electron chi connectivity index (χ2n) is 4.67. The first kappa shape index (κ1) is 14.3. The molecule has 0 saturated carbocycles. The first-order chi connectivity index (χ1) is 9.61. The van der Waals surface area contributed by atoms with Crippen LogP contribution in [0.3, 0.4) is 0 Å². The zero-order chi connectivity index (χ0) is 14.5. The van der Waals surface area contributed by atoms with E-state index < -0.39 is 0 Å². The molecule has 1 N–H and O–H groups in total. The number of hydrogen-bond donors (Lipinski definition) is 1. The number of aromatic nitrogens is 3. The summed E-state index contributed by atoms with van der Waals surface area (Å²) in [7, 11) is 3.54. The van der Waals surface area contributed by atoms with Gasteiger partial charge in [-0.25, -0.2) is 0 Å². The van der Waals surface area contributed by atoms with Gasteiger partial charge in [0.15, 0.2) is 0 Å². The molecule has 0 radical (unpaired) electrons. The minimum atomic E-state index is -0.0230. The molecule has 2 aromatic rings. The van der Waals surface area contributed by atoms with Gasteiger partial charge in [-0.05, 0) is 13.0 Å². The molecular weight excluding hydrogens is 256 g/mol.